The van der Waals surface area contributed by atoms with E-state index in [0.717, 1.165) is 19.3 Å². The van der Waals surface area contributed by atoms with Crippen molar-refractivity contribution in [1.29, 1.82) is 0 Å². The summed E-state index contributed by atoms with van der Waals surface area (Å²) in [7, 11) is 0. The molecule has 1 aliphatic carbocycles. The van der Waals surface area contributed by atoms with Crippen molar-refractivity contribution < 1.29 is 14.7 Å². The van der Waals surface area contributed by atoms with Gasteiger partial charge in [-0.15, -0.1) is 0 Å². The summed E-state index contributed by atoms with van der Waals surface area (Å²) >= 11 is 0. The van der Waals surface area contributed by atoms with Gasteiger partial charge in [-0.3, -0.25) is 14.6 Å². The van der Waals surface area contributed by atoms with Crippen molar-refractivity contribution in [2.24, 2.45) is 0 Å². The zero-order valence-electron chi connectivity index (χ0n) is 16.6. The molecule has 4 nitrogen and oxygen atoms in total. The number of rotatable bonds is 13. The van der Waals surface area contributed by atoms with E-state index in [1.807, 2.05) is 0 Å². The van der Waals surface area contributed by atoms with E-state index in [1.165, 1.54) is 64.0 Å². The SMILES string of the molecule is CCCCCCCCCCCCCCC1=C(O)c2ncccc2C(=O)C1=O. The largest absolute Gasteiger partial charge is 0.505 e. The molecule has 0 saturated carbocycles. The highest BCUT2D eigenvalue weighted by atomic mass is 16.3. The molecule has 1 N–H and O–H groups in total. The summed E-state index contributed by atoms with van der Waals surface area (Å²) in [5, 5.41) is 10.3. The van der Waals surface area contributed by atoms with Crippen molar-refractivity contribution in [3.8, 4) is 0 Å². The average Bonchev–Trinajstić information content (AvgIpc) is 2.69. The fraction of sp³-hybridized carbons (Fsp3) is 0.609. The van der Waals surface area contributed by atoms with Crippen molar-refractivity contribution >= 4 is 17.3 Å². The van der Waals surface area contributed by atoms with Crippen molar-refractivity contribution in [2.75, 3.05) is 0 Å². The first kappa shape index (κ1) is 21.3. The number of aromatic nitrogens is 1. The molecular weight excluding hydrogens is 338 g/mol. The molecule has 1 heterocycles. The van der Waals surface area contributed by atoms with Crippen LogP contribution in [0.1, 0.15) is 106 Å². The Bertz CT molecular complexity index is 663. The molecule has 0 radical (unpaired) electrons. The number of carbonyl (C=O) groups is 2. The summed E-state index contributed by atoms with van der Waals surface area (Å²) in [6.07, 6.45) is 16.9. The number of pyridine rings is 1. The van der Waals surface area contributed by atoms with Gasteiger partial charge in [0.2, 0.25) is 11.6 Å². The molecular formula is C23H33NO3. The first-order valence-corrected chi connectivity index (χ1v) is 10.6. The maximum Gasteiger partial charge on any atom is 0.235 e. The summed E-state index contributed by atoms with van der Waals surface area (Å²) < 4.78 is 0. The number of ketones is 2. The Morgan fingerprint density at radius 1 is 0.815 bits per heavy atom. The number of aliphatic hydroxyl groups is 1. The van der Waals surface area contributed by atoms with Crippen LogP contribution in [0, 0.1) is 0 Å². The molecule has 0 amide bonds. The van der Waals surface area contributed by atoms with Crippen LogP contribution in [0.15, 0.2) is 23.9 Å². The van der Waals surface area contributed by atoms with Crippen LogP contribution < -0.4 is 0 Å². The minimum atomic E-state index is -0.573. The number of carbonyl (C=O) groups excluding carboxylic acids is 2. The lowest BCUT2D eigenvalue weighted by Gasteiger charge is -2.16. The van der Waals surface area contributed by atoms with Crippen LogP contribution >= 0.6 is 0 Å². The minimum absolute atomic E-state index is 0.113. The van der Waals surface area contributed by atoms with Crippen LogP contribution in [0.25, 0.3) is 5.76 Å². The number of unbranched alkanes of at least 4 members (excludes halogenated alkanes) is 11. The van der Waals surface area contributed by atoms with Gasteiger partial charge in [0.25, 0.3) is 0 Å². The Morgan fingerprint density at radius 2 is 1.37 bits per heavy atom. The molecule has 0 bridgehead atoms. The lowest BCUT2D eigenvalue weighted by atomic mass is 9.89. The second-order valence-corrected chi connectivity index (χ2v) is 7.52. The number of aliphatic hydroxyl groups excluding tert-OH is 1. The smallest absolute Gasteiger partial charge is 0.235 e. The molecule has 1 aromatic heterocycles. The van der Waals surface area contributed by atoms with Crippen LogP contribution in [-0.4, -0.2) is 21.7 Å². The van der Waals surface area contributed by atoms with Crippen molar-refractivity contribution in [3.05, 3.63) is 35.2 Å². The van der Waals surface area contributed by atoms with E-state index < -0.39 is 11.6 Å². The second kappa shape index (κ2) is 11.7. The van der Waals surface area contributed by atoms with Gasteiger partial charge in [-0.05, 0) is 25.0 Å². The number of hydrogen-bond acceptors (Lipinski definition) is 4. The lowest BCUT2D eigenvalue weighted by Crippen LogP contribution is -2.24. The van der Waals surface area contributed by atoms with Gasteiger partial charge in [0.05, 0.1) is 5.56 Å². The third kappa shape index (κ3) is 6.30. The fourth-order valence-corrected chi connectivity index (χ4v) is 3.66. The number of fused-ring (bicyclic) bond motifs is 1. The monoisotopic (exact) mass is 371 g/mol. The minimum Gasteiger partial charge on any atom is -0.505 e. The molecule has 2 rings (SSSR count). The second-order valence-electron chi connectivity index (χ2n) is 7.52. The summed E-state index contributed by atoms with van der Waals surface area (Å²) in [6, 6.07) is 3.15. The summed E-state index contributed by atoms with van der Waals surface area (Å²) in [5.74, 6) is -1.24. The maximum atomic E-state index is 12.2. The van der Waals surface area contributed by atoms with E-state index in [-0.39, 0.29) is 22.6 Å². The molecule has 1 aliphatic rings. The third-order valence-corrected chi connectivity index (χ3v) is 5.32. The molecule has 0 saturated heterocycles. The predicted octanol–water partition coefficient (Wildman–Crippen LogP) is 6.21. The highest BCUT2D eigenvalue weighted by Crippen LogP contribution is 2.29. The normalized spacial score (nSPS) is 14.0. The van der Waals surface area contributed by atoms with Gasteiger partial charge in [0.1, 0.15) is 11.5 Å². The topological polar surface area (TPSA) is 67.3 Å². The van der Waals surface area contributed by atoms with Crippen molar-refractivity contribution in [1.82, 2.24) is 4.98 Å². The number of Topliss-reactive ketones (excluding diaryl/α,β-unsaturated/α-hetero) is 2. The number of nitrogens with zero attached hydrogens (tertiary/aromatic N) is 1. The van der Waals surface area contributed by atoms with Gasteiger partial charge in [0.15, 0.2) is 0 Å². The standard InChI is InChI=1S/C23H33NO3/c1-2-3-4-5-6-7-8-9-10-11-12-13-15-19-21(25)20-18(16-14-17-24-20)22(26)23(19)27/h14,16-17,25H,2-13,15H2,1H3. The quantitative estimate of drug-likeness (QED) is 0.331. The molecule has 148 valence electrons. The summed E-state index contributed by atoms with van der Waals surface area (Å²) in [5.41, 5.74) is 0.688. The van der Waals surface area contributed by atoms with Crippen LogP contribution in [0.2, 0.25) is 0 Å². The highest BCUT2D eigenvalue weighted by Gasteiger charge is 2.32. The van der Waals surface area contributed by atoms with Crippen molar-refractivity contribution in [3.63, 3.8) is 0 Å². The zero-order valence-corrected chi connectivity index (χ0v) is 16.6. The Labute approximate surface area is 163 Å². The fourth-order valence-electron chi connectivity index (χ4n) is 3.66. The van der Waals surface area contributed by atoms with Gasteiger partial charge in [-0.1, -0.05) is 77.6 Å². The number of allylic oxidation sites excluding steroid dienone is 1. The molecule has 0 atom stereocenters. The summed E-state index contributed by atoms with van der Waals surface area (Å²) in [6.45, 7) is 2.25. The van der Waals surface area contributed by atoms with E-state index >= 15 is 0 Å². The van der Waals surface area contributed by atoms with E-state index in [0.29, 0.717) is 6.42 Å². The molecule has 0 spiro atoms. The van der Waals surface area contributed by atoms with Gasteiger partial charge < -0.3 is 5.11 Å². The molecule has 27 heavy (non-hydrogen) atoms. The Kier molecular flexibility index (Phi) is 9.23. The summed E-state index contributed by atoms with van der Waals surface area (Å²) in [4.78, 5) is 28.5. The van der Waals surface area contributed by atoms with Crippen LogP contribution in [-0.2, 0) is 4.79 Å². The Hall–Kier alpha value is -1.97. The van der Waals surface area contributed by atoms with E-state index in [1.54, 1.807) is 12.1 Å². The first-order chi connectivity index (χ1) is 13.2. The molecule has 0 aliphatic heterocycles. The van der Waals surface area contributed by atoms with E-state index in [4.69, 9.17) is 0 Å². The van der Waals surface area contributed by atoms with Crippen LogP contribution in [0.4, 0.5) is 0 Å². The van der Waals surface area contributed by atoms with E-state index in [9.17, 15) is 14.7 Å². The van der Waals surface area contributed by atoms with Crippen molar-refractivity contribution in [2.45, 2.75) is 90.4 Å². The molecule has 0 unspecified atom stereocenters. The predicted molar refractivity (Wildman–Crippen MR) is 109 cm³/mol. The van der Waals surface area contributed by atoms with Gasteiger partial charge in [0, 0.05) is 11.8 Å². The highest BCUT2D eigenvalue weighted by molar-refractivity contribution is 6.52. The molecule has 4 heteroatoms. The Balaban J connectivity index is 1.63. The van der Waals surface area contributed by atoms with Gasteiger partial charge in [-0.2, -0.15) is 0 Å². The average molecular weight is 372 g/mol. The first-order valence-electron chi connectivity index (χ1n) is 10.6. The van der Waals surface area contributed by atoms with E-state index in [2.05, 4.69) is 11.9 Å². The Morgan fingerprint density at radius 3 is 1.96 bits per heavy atom. The molecule has 0 fully saturated rings. The molecule has 0 aromatic carbocycles. The van der Waals surface area contributed by atoms with Crippen LogP contribution in [0.5, 0.6) is 0 Å². The lowest BCUT2D eigenvalue weighted by molar-refractivity contribution is -0.112. The molecule has 1 aromatic rings. The van der Waals surface area contributed by atoms with Gasteiger partial charge in [-0.25, -0.2) is 0 Å². The van der Waals surface area contributed by atoms with Crippen LogP contribution in [0.3, 0.4) is 0 Å². The third-order valence-electron chi connectivity index (χ3n) is 5.32. The zero-order chi connectivity index (χ0) is 19.5. The van der Waals surface area contributed by atoms with Gasteiger partial charge >= 0.3 is 0 Å². The maximum absolute atomic E-state index is 12.2. The number of hydrogen-bond donors (Lipinski definition) is 1.